The highest BCUT2D eigenvalue weighted by molar-refractivity contribution is 5.93. The summed E-state index contributed by atoms with van der Waals surface area (Å²) in [6.45, 7) is 6.04. The number of carbonyl (C=O) groups excluding carboxylic acids is 2. The molecule has 3 atom stereocenters. The molecule has 4 rings (SSSR count). The molecular formula is C26H34F3N5O5. The van der Waals surface area contributed by atoms with Crippen molar-refractivity contribution in [3.05, 3.63) is 35.5 Å². The molecule has 2 aromatic rings. The molecule has 2 amide bonds. The van der Waals surface area contributed by atoms with Crippen molar-refractivity contribution in [2.75, 3.05) is 32.6 Å². The van der Waals surface area contributed by atoms with Gasteiger partial charge in [0.15, 0.2) is 23.2 Å². The number of likely N-dealkylation sites (tertiary alicyclic amines) is 1. The number of ether oxygens (including phenoxy) is 3. The average molecular weight is 554 g/mol. The number of carbonyl (C=O) groups is 2. The highest BCUT2D eigenvalue weighted by Crippen LogP contribution is 2.44. The van der Waals surface area contributed by atoms with Crippen LogP contribution in [-0.2, 0) is 4.74 Å². The van der Waals surface area contributed by atoms with E-state index in [4.69, 9.17) is 14.2 Å². The van der Waals surface area contributed by atoms with Crippen molar-refractivity contribution in [1.29, 1.82) is 0 Å². The molecule has 0 bridgehead atoms. The van der Waals surface area contributed by atoms with Gasteiger partial charge in [0.25, 0.3) is 5.91 Å². The topological polar surface area (TPSA) is 107 Å². The molecule has 1 aromatic carbocycles. The summed E-state index contributed by atoms with van der Waals surface area (Å²) in [6.07, 6.45) is -4.14. The number of hydrogen-bond acceptors (Lipinski definition) is 7. The molecule has 39 heavy (non-hydrogen) atoms. The second-order valence-corrected chi connectivity index (χ2v) is 10.7. The van der Waals surface area contributed by atoms with Crippen LogP contribution in [0.15, 0.2) is 24.3 Å². The Labute approximate surface area is 224 Å². The van der Waals surface area contributed by atoms with E-state index in [1.165, 1.54) is 25.2 Å². The fourth-order valence-corrected chi connectivity index (χ4v) is 4.82. The van der Waals surface area contributed by atoms with Gasteiger partial charge in [0.2, 0.25) is 0 Å². The molecule has 10 nitrogen and oxygen atoms in total. The molecule has 0 aliphatic carbocycles. The maximum Gasteiger partial charge on any atom is 0.410 e. The van der Waals surface area contributed by atoms with Gasteiger partial charge in [-0.05, 0) is 51.3 Å². The van der Waals surface area contributed by atoms with Gasteiger partial charge in [0.1, 0.15) is 11.4 Å². The summed E-state index contributed by atoms with van der Waals surface area (Å²) in [5.41, 5.74) is -0.224. The maximum absolute atomic E-state index is 14.1. The number of halogens is 3. The Bertz CT molecular complexity index is 1210. The molecule has 0 saturated carbocycles. The van der Waals surface area contributed by atoms with Crippen LogP contribution in [-0.4, -0.2) is 71.8 Å². The number of hydrogen-bond donors (Lipinski definition) is 2. The molecule has 3 heterocycles. The molecule has 0 radical (unpaired) electrons. The number of rotatable bonds is 5. The number of aromatic nitrogens is 2. The summed E-state index contributed by atoms with van der Waals surface area (Å²) in [4.78, 5) is 27.0. The van der Waals surface area contributed by atoms with E-state index in [0.29, 0.717) is 36.4 Å². The van der Waals surface area contributed by atoms with Gasteiger partial charge < -0.3 is 29.7 Å². The van der Waals surface area contributed by atoms with Crippen LogP contribution in [0.1, 0.15) is 68.2 Å². The predicted octanol–water partition coefficient (Wildman–Crippen LogP) is 4.69. The lowest BCUT2D eigenvalue weighted by Gasteiger charge is -2.34. The number of fused-ring (bicyclic) bond motifs is 1. The zero-order valence-electron chi connectivity index (χ0n) is 22.6. The van der Waals surface area contributed by atoms with Gasteiger partial charge in [-0.2, -0.15) is 18.3 Å². The molecule has 1 fully saturated rings. The number of amides is 2. The molecule has 2 aliphatic rings. The minimum absolute atomic E-state index is 0.0764. The minimum Gasteiger partial charge on any atom is -0.493 e. The molecule has 0 unspecified atom stereocenters. The van der Waals surface area contributed by atoms with E-state index in [9.17, 15) is 22.8 Å². The molecule has 1 saturated heterocycles. The van der Waals surface area contributed by atoms with Crippen molar-refractivity contribution in [3.8, 4) is 11.5 Å². The summed E-state index contributed by atoms with van der Waals surface area (Å²) in [5, 5.41) is 9.92. The Morgan fingerprint density at radius 2 is 1.82 bits per heavy atom. The van der Waals surface area contributed by atoms with Crippen molar-refractivity contribution in [2.24, 2.45) is 0 Å². The van der Waals surface area contributed by atoms with Crippen molar-refractivity contribution >= 4 is 17.8 Å². The largest absolute Gasteiger partial charge is 0.493 e. The Morgan fingerprint density at radius 3 is 2.46 bits per heavy atom. The van der Waals surface area contributed by atoms with E-state index < -0.39 is 35.9 Å². The van der Waals surface area contributed by atoms with Crippen LogP contribution in [0.25, 0.3) is 0 Å². The normalized spacial score (nSPS) is 21.4. The highest BCUT2D eigenvalue weighted by atomic mass is 19.4. The third-order valence-electron chi connectivity index (χ3n) is 6.64. The monoisotopic (exact) mass is 553 g/mol. The lowest BCUT2D eigenvalue weighted by molar-refractivity contribution is -0.173. The van der Waals surface area contributed by atoms with Gasteiger partial charge >= 0.3 is 12.3 Å². The van der Waals surface area contributed by atoms with Crippen LogP contribution in [0.2, 0.25) is 0 Å². The zero-order valence-corrected chi connectivity index (χ0v) is 22.6. The summed E-state index contributed by atoms with van der Waals surface area (Å²) >= 11 is 0. The number of methoxy groups -OCH3 is 2. The second-order valence-electron chi connectivity index (χ2n) is 10.7. The second kappa shape index (κ2) is 10.9. The molecule has 0 spiro atoms. The number of nitrogens with zero attached hydrogens (tertiary/aromatic N) is 3. The molecule has 2 N–H and O–H groups in total. The first-order valence-corrected chi connectivity index (χ1v) is 12.7. The number of benzene rings is 1. The highest BCUT2D eigenvalue weighted by Gasteiger charge is 2.47. The molecule has 2 aliphatic heterocycles. The van der Waals surface area contributed by atoms with Gasteiger partial charge in [0, 0.05) is 31.6 Å². The first kappa shape index (κ1) is 28.4. The van der Waals surface area contributed by atoms with Crippen LogP contribution in [0.4, 0.5) is 23.8 Å². The Kier molecular flexibility index (Phi) is 7.89. The lowest BCUT2D eigenvalue weighted by Crippen LogP contribution is -2.50. The number of nitrogens with one attached hydrogen (secondary N) is 2. The summed E-state index contributed by atoms with van der Waals surface area (Å²) in [7, 11) is 2.93. The zero-order chi connectivity index (χ0) is 28.5. The van der Waals surface area contributed by atoms with E-state index >= 15 is 0 Å². The fourth-order valence-electron chi connectivity index (χ4n) is 4.82. The quantitative estimate of drug-likeness (QED) is 0.553. The van der Waals surface area contributed by atoms with E-state index in [1.54, 1.807) is 39.0 Å². The van der Waals surface area contributed by atoms with Crippen LogP contribution in [0, 0.1) is 0 Å². The van der Waals surface area contributed by atoms with E-state index in [0.717, 1.165) is 4.68 Å². The maximum atomic E-state index is 14.1. The van der Waals surface area contributed by atoms with Gasteiger partial charge in [-0.25, -0.2) is 9.48 Å². The smallest absolute Gasteiger partial charge is 0.410 e. The van der Waals surface area contributed by atoms with Crippen LogP contribution < -0.4 is 20.1 Å². The van der Waals surface area contributed by atoms with Crippen LogP contribution >= 0.6 is 0 Å². The van der Waals surface area contributed by atoms with E-state index in [1.807, 2.05) is 0 Å². The predicted molar refractivity (Wildman–Crippen MR) is 136 cm³/mol. The third-order valence-corrected chi connectivity index (χ3v) is 6.64. The van der Waals surface area contributed by atoms with Crippen LogP contribution in [0.5, 0.6) is 11.5 Å². The fraction of sp³-hybridized carbons (Fsp3) is 0.577. The van der Waals surface area contributed by atoms with Gasteiger partial charge in [-0.15, -0.1) is 0 Å². The Balaban J connectivity index is 1.52. The Morgan fingerprint density at radius 1 is 1.10 bits per heavy atom. The minimum atomic E-state index is -4.59. The molecule has 1 aromatic heterocycles. The Hall–Kier alpha value is -3.64. The van der Waals surface area contributed by atoms with E-state index in [2.05, 4.69) is 15.7 Å². The van der Waals surface area contributed by atoms with Crippen LogP contribution in [0.3, 0.4) is 0 Å². The summed E-state index contributed by atoms with van der Waals surface area (Å²) < 4.78 is 59.1. The van der Waals surface area contributed by atoms with E-state index in [-0.39, 0.29) is 30.5 Å². The number of anilines is 1. The van der Waals surface area contributed by atoms with Gasteiger partial charge in [0.05, 0.1) is 20.3 Å². The van der Waals surface area contributed by atoms with Gasteiger partial charge in [-0.1, -0.05) is 6.07 Å². The van der Waals surface area contributed by atoms with Crippen molar-refractivity contribution < 1.29 is 37.0 Å². The molecule has 13 heteroatoms. The standard InChI is InChI=1S/C26H34F3N5O5/c1-25(2,3)39-24(36)33-10-6-7-16(14-33)30-23(35)18-13-22-31-17(12-21(26(27,28)29)34(22)32-18)15-8-9-19(37-4)20(11-15)38-5/h8-9,11,13,16-17,21,31H,6-7,10,12,14H2,1-5H3,(H,30,35)/t16-,17-,21-/m0/s1. The van der Waals surface area contributed by atoms with Crippen molar-refractivity contribution in [1.82, 2.24) is 20.0 Å². The summed E-state index contributed by atoms with van der Waals surface area (Å²) in [5.74, 6) is 0.319. The summed E-state index contributed by atoms with van der Waals surface area (Å²) in [6, 6.07) is 3.21. The van der Waals surface area contributed by atoms with Gasteiger partial charge in [-0.3, -0.25) is 4.79 Å². The third kappa shape index (κ3) is 6.51. The number of alkyl halides is 3. The SMILES string of the molecule is COc1ccc([C@@H]2C[C@@H](C(F)(F)F)n3nc(C(=O)N[C@H]4CCCN(C(=O)OC(C)(C)C)C4)cc3N2)cc1OC. The first-order valence-electron chi connectivity index (χ1n) is 12.7. The van der Waals surface area contributed by atoms with Crippen molar-refractivity contribution in [2.45, 2.75) is 69.9 Å². The molecule has 214 valence electrons. The van der Waals surface area contributed by atoms with Crippen molar-refractivity contribution in [3.63, 3.8) is 0 Å². The first-order chi connectivity index (χ1) is 18.3. The lowest BCUT2D eigenvalue weighted by atomic mass is 9.96. The average Bonchev–Trinajstić information content (AvgIpc) is 3.30. The molecular weight excluding hydrogens is 519 g/mol. The number of piperidine rings is 1.